The van der Waals surface area contributed by atoms with Crippen molar-refractivity contribution in [1.29, 1.82) is 0 Å². The van der Waals surface area contributed by atoms with Gasteiger partial charge in [-0.15, -0.1) is 12.4 Å². The Morgan fingerprint density at radius 1 is 1.35 bits per heavy atom. The van der Waals surface area contributed by atoms with E-state index < -0.39 is 6.04 Å². The lowest BCUT2D eigenvalue weighted by molar-refractivity contribution is -0.123. The number of hydrogen-bond acceptors (Lipinski definition) is 3. The second-order valence-electron chi connectivity index (χ2n) is 5.61. The minimum atomic E-state index is -0.597. The third-order valence-corrected chi connectivity index (χ3v) is 4.15. The van der Waals surface area contributed by atoms with Crippen molar-refractivity contribution in [3.05, 3.63) is 35.4 Å². The largest absolute Gasteiger partial charge is 0.373 e. The van der Waals surface area contributed by atoms with Crippen molar-refractivity contribution in [3.63, 3.8) is 0 Å². The van der Waals surface area contributed by atoms with Crippen molar-refractivity contribution in [3.8, 4) is 0 Å². The molecule has 4 nitrogen and oxygen atoms in total. The normalized spacial score (nSPS) is 28.8. The average molecular weight is 297 g/mol. The number of nitrogens with one attached hydrogen (secondary N) is 1. The third kappa shape index (κ3) is 2.97. The first-order chi connectivity index (χ1) is 9.13. The number of nitrogens with two attached hydrogens (primary N) is 1. The maximum atomic E-state index is 12.2. The maximum Gasteiger partial charge on any atom is 0.241 e. The highest BCUT2D eigenvalue weighted by Crippen LogP contribution is 2.34. The molecule has 1 amide bonds. The lowest BCUT2D eigenvalue weighted by Gasteiger charge is -2.22. The highest BCUT2D eigenvalue weighted by molar-refractivity contribution is 5.85. The van der Waals surface area contributed by atoms with Crippen LogP contribution in [-0.2, 0) is 9.53 Å². The average Bonchev–Trinajstić information content (AvgIpc) is 3.01. The minimum Gasteiger partial charge on any atom is -0.373 e. The molecule has 3 rings (SSSR count). The Bertz CT molecular complexity index is 477. The summed E-state index contributed by atoms with van der Waals surface area (Å²) in [6, 6.07) is 7.32. The van der Waals surface area contributed by atoms with Crippen LogP contribution in [0.25, 0.3) is 0 Å². The molecular formula is C15H21ClN2O2. The van der Waals surface area contributed by atoms with Gasteiger partial charge in [-0.3, -0.25) is 4.79 Å². The summed E-state index contributed by atoms with van der Waals surface area (Å²) in [6.07, 6.45) is 3.64. The summed E-state index contributed by atoms with van der Waals surface area (Å²) in [7, 11) is 0. The predicted molar refractivity (Wildman–Crippen MR) is 79.8 cm³/mol. The Balaban J connectivity index is 0.00000147. The molecule has 2 saturated heterocycles. The van der Waals surface area contributed by atoms with Crippen LogP contribution in [0.2, 0.25) is 0 Å². The van der Waals surface area contributed by atoms with Gasteiger partial charge in [-0.1, -0.05) is 29.8 Å². The van der Waals surface area contributed by atoms with Gasteiger partial charge in [-0.2, -0.15) is 0 Å². The van der Waals surface area contributed by atoms with Crippen LogP contribution in [0.15, 0.2) is 24.3 Å². The fraction of sp³-hybridized carbons (Fsp3) is 0.533. The molecule has 20 heavy (non-hydrogen) atoms. The van der Waals surface area contributed by atoms with E-state index in [9.17, 15) is 4.79 Å². The quantitative estimate of drug-likeness (QED) is 0.895. The van der Waals surface area contributed by atoms with Crippen LogP contribution >= 0.6 is 12.4 Å². The second kappa shape index (κ2) is 6.12. The number of ether oxygens (including phenoxy) is 1. The zero-order valence-electron chi connectivity index (χ0n) is 11.5. The van der Waals surface area contributed by atoms with Gasteiger partial charge in [0.1, 0.15) is 6.04 Å². The summed E-state index contributed by atoms with van der Waals surface area (Å²) >= 11 is 0. The standard InChI is InChI=1S/C15H20N2O2.ClH/c1-9-2-4-10(5-3-9)14(16)15(18)17-12-8-11-6-7-13(12)19-11;/h2-5,11-14H,6-8,16H2,1H3,(H,17,18);1H. The van der Waals surface area contributed by atoms with E-state index in [-0.39, 0.29) is 30.5 Å². The number of carbonyl (C=O) groups is 1. The summed E-state index contributed by atoms with van der Waals surface area (Å²) in [5, 5.41) is 3.03. The van der Waals surface area contributed by atoms with Crippen molar-refractivity contribution in [1.82, 2.24) is 5.32 Å². The lowest BCUT2D eigenvalue weighted by Crippen LogP contribution is -2.45. The molecule has 1 aromatic carbocycles. The van der Waals surface area contributed by atoms with Gasteiger partial charge < -0.3 is 15.8 Å². The number of halogens is 1. The van der Waals surface area contributed by atoms with E-state index in [4.69, 9.17) is 10.5 Å². The molecule has 4 unspecified atom stereocenters. The molecule has 0 aromatic heterocycles. The number of hydrogen-bond donors (Lipinski definition) is 2. The Labute approximate surface area is 125 Å². The number of aryl methyl sites for hydroxylation is 1. The lowest BCUT2D eigenvalue weighted by atomic mass is 9.95. The Morgan fingerprint density at radius 3 is 2.60 bits per heavy atom. The van der Waals surface area contributed by atoms with E-state index in [0.29, 0.717) is 6.10 Å². The molecule has 2 fully saturated rings. The SMILES string of the molecule is Cc1ccc(C(N)C(=O)NC2CC3CCC2O3)cc1.Cl. The van der Waals surface area contributed by atoms with Gasteiger partial charge >= 0.3 is 0 Å². The summed E-state index contributed by atoms with van der Waals surface area (Å²) in [6.45, 7) is 2.02. The first kappa shape index (κ1) is 15.3. The number of amides is 1. The topological polar surface area (TPSA) is 64.4 Å². The van der Waals surface area contributed by atoms with E-state index in [2.05, 4.69) is 5.32 Å². The van der Waals surface area contributed by atoms with E-state index in [1.54, 1.807) is 0 Å². The van der Waals surface area contributed by atoms with E-state index in [0.717, 1.165) is 30.4 Å². The van der Waals surface area contributed by atoms with Crippen LogP contribution in [-0.4, -0.2) is 24.2 Å². The van der Waals surface area contributed by atoms with Crippen molar-refractivity contribution in [2.75, 3.05) is 0 Å². The van der Waals surface area contributed by atoms with Gasteiger partial charge in [-0.05, 0) is 31.7 Å². The second-order valence-corrected chi connectivity index (χ2v) is 5.61. The molecule has 4 atom stereocenters. The van der Waals surface area contributed by atoms with Crippen molar-refractivity contribution < 1.29 is 9.53 Å². The van der Waals surface area contributed by atoms with Gasteiger partial charge in [0, 0.05) is 0 Å². The molecule has 3 N–H and O–H groups in total. The van der Waals surface area contributed by atoms with Crippen molar-refractivity contribution >= 4 is 18.3 Å². The number of carbonyl (C=O) groups excluding carboxylic acids is 1. The number of benzene rings is 1. The molecule has 5 heteroatoms. The Hall–Kier alpha value is -1.10. The minimum absolute atomic E-state index is 0. The molecule has 2 heterocycles. The van der Waals surface area contributed by atoms with Crippen LogP contribution in [0.4, 0.5) is 0 Å². The molecule has 2 bridgehead atoms. The molecule has 0 spiro atoms. The highest BCUT2D eigenvalue weighted by atomic mass is 35.5. The van der Waals surface area contributed by atoms with Crippen LogP contribution in [0.3, 0.4) is 0 Å². The highest BCUT2D eigenvalue weighted by Gasteiger charge is 2.41. The van der Waals surface area contributed by atoms with Gasteiger partial charge in [0.25, 0.3) is 0 Å². The van der Waals surface area contributed by atoms with Crippen LogP contribution < -0.4 is 11.1 Å². The van der Waals surface area contributed by atoms with E-state index >= 15 is 0 Å². The van der Waals surface area contributed by atoms with E-state index in [1.807, 2.05) is 31.2 Å². The van der Waals surface area contributed by atoms with E-state index in [1.165, 1.54) is 0 Å². The summed E-state index contributed by atoms with van der Waals surface area (Å²) in [5.41, 5.74) is 8.03. The predicted octanol–water partition coefficient (Wildman–Crippen LogP) is 1.85. The first-order valence-electron chi connectivity index (χ1n) is 6.91. The van der Waals surface area contributed by atoms with Gasteiger partial charge in [0.15, 0.2) is 0 Å². The first-order valence-corrected chi connectivity index (χ1v) is 6.91. The number of rotatable bonds is 3. The fourth-order valence-corrected chi connectivity index (χ4v) is 2.99. The molecule has 2 aliphatic heterocycles. The molecule has 2 aliphatic rings. The molecular weight excluding hydrogens is 276 g/mol. The van der Waals surface area contributed by atoms with Gasteiger partial charge in [-0.25, -0.2) is 0 Å². The number of fused-ring (bicyclic) bond motifs is 2. The zero-order valence-corrected chi connectivity index (χ0v) is 12.4. The van der Waals surface area contributed by atoms with Gasteiger partial charge in [0.2, 0.25) is 5.91 Å². The summed E-state index contributed by atoms with van der Waals surface area (Å²) in [4.78, 5) is 12.2. The smallest absolute Gasteiger partial charge is 0.241 e. The molecule has 0 radical (unpaired) electrons. The molecule has 110 valence electrons. The van der Waals surface area contributed by atoms with Gasteiger partial charge in [0.05, 0.1) is 18.2 Å². The monoisotopic (exact) mass is 296 g/mol. The maximum absolute atomic E-state index is 12.2. The molecule has 0 saturated carbocycles. The van der Waals surface area contributed by atoms with Crippen LogP contribution in [0.5, 0.6) is 0 Å². The fourth-order valence-electron chi connectivity index (χ4n) is 2.99. The third-order valence-electron chi connectivity index (χ3n) is 4.15. The zero-order chi connectivity index (χ0) is 13.4. The Morgan fingerprint density at radius 2 is 2.05 bits per heavy atom. The van der Waals surface area contributed by atoms with Crippen molar-refractivity contribution in [2.24, 2.45) is 5.73 Å². The summed E-state index contributed by atoms with van der Waals surface area (Å²) < 4.78 is 5.73. The van der Waals surface area contributed by atoms with Crippen LogP contribution in [0, 0.1) is 6.92 Å². The van der Waals surface area contributed by atoms with Crippen LogP contribution in [0.1, 0.15) is 36.4 Å². The summed E-state index contributed by atoms with van der Waals surface area (Å²) in [5.74, 6) is -0.106. The Kier molecular flexibility index (Phi) is 4.68. The molecule has 0 aliphatic carbocycles. The van der Waals surface area contributed by atoms with Crippen molar-refractivity contribution in [2.45, 2.75) is 50.5 Å². The molecule has 1 aromatic rings.